The lowest BCUT2D eigenvalue weighted by Gasteiger charge is -2.08. The molecular formula is C11H17NOS. The summed E-state index contributed by atoms with van der Waals surface area (Å²) in [5.41, 5.74) is 6.71. The van der Waals surface area contributed by atoms with Crippen LogP contribution in [0.2, 0.25) is 0 Å². The molecule has 1 rings (SSSR count). The highest BCUT2D eigenvalue weighted by Gasteiger charge is 2.02. The molecule has 0 aromatic heterocycles. The Morgan fingerprint density at radius 1 is 1.43 bits per heavy atom. The van der Waals surface area contributed by atoms with Crippen molar-refractivity contribution < 1.29 is 4.74 Å². The molecule has 0 radical (unpaired) electrons. The number of nitrogens with two attached hydrogens (primary N) is 1. The van der Waals surface area contributed by atoms with Crippen molar-refractivity contribution in [3.8, 4) is 5.75 Å². The van der Waals surface area contributed by atoms with Gasteiger partial charge in [-0.05, 0) is 43.3 Å². The second-order valence-corrected chi connectivity index (χ2v) is 4.28. The van der Waals surface area contributed by atoms with E-state index in [0.717, 1.165) is 24.5 Å². The van der Waals surface area contributed by atoms with Crippen LogP contribution in [0.25, 0.3) is 0 Å². The lowest BCUT2D eigenvalue weighted by molar-refractivity contribution is 0.404. The summed E-state index contributed by atoms with van der Waals surface area (Å²) in [6, 6.07) is 6.23. The predicted octanol–water partition coefficient (Wildman–Crippen LogP) is 2.44. The van der Waals surface area contributed by atoms with E-state index < -0.39 is 0 Å². The Hall–Kier alpha value is -0.670. The third-order valence-corrected chi connectivity index (χ3v) is 3.05. The standard InChI is InChI=1S/C11H17NOS/c1-9-4-5-10(13-2)11(8-9)14-7-3-6-12/h4-5,8H,3,6-7,12H2,1-2H3. The fourth-order valence-electron chi connectivity index (χ4n) is 1.16. The van der Waals surface area contributed by atoms with E-state index in [2.05, 4.69) is 19.1 Å². The van der Waals surface area contributed by atoms with Gasteiger partial charge >= 0.3 is 0 Å². The summed E-state index contributed by atoms with van der Waals surface area (Å²) in [5, 5.41) is 0. The largest absolute Gasteiger partial charge is 0.496 e. The van der Waals surface area contributed by atoms with Crippen LogP contribution >= 0.6 is 11.8 Å². The zero-order valence-electron chi connectivity index (χ0n) is 8.75. The van der Waals surface area contributed by atoms with Gasteiger partial charge in [0.25, 0.3) is 0 Å². The minimum absolute atomic E-state index is 0.751. The molecule has 2 N–H and O–H groups in total. The number of hydrogen-bond acceptors (Lipinski definition) is 3. The Balaban J connectivity index is 2.67. The minimum atomic E-state index is 0.751. The van der Waals surface area contributed by atoms with Crippen LogP contribution in [0.4, 0.5) is 0 Å². The summed E-state index contributed by atoms with van der Waals surface area (Å²) in [6.07, 6.45) is 1.04. The van der Waals surface area contributed by atoms with Crippen LogP contribution in [0.15, 0.2) is 23.1 Å². The third kappa shape index (κ3) is 3.24. The van der Waals surface area contributed by atoms with Crippen molar-refractivity contribution >= 4 is 11.8 Å². The fourth-order valence-corrected chi connectivity index (χ4v) is 2.26. The maximum absolute atomic E-state index is 5.45. The Morgan fingerprint density at radius 3 is 2.86 bits per heavy atom. The summed E-state index contributed by atoms with van der Waals surface area (Å²) >= 11 is 1.81. The second-order valence-electron chi connectivity index (χ2n) is 3.15. The zero-order valence-corrected chi connectivity index (χ0v) is 9.56. The van der Waals surface area contributed by atoms with Gasteiger partial charge < -0.3 is 10.5 Å². The summed E-state index contributed by atoms with van der Waals surface area (Å²) in [5.74, 6) is 2.01. The van der Waals surface area contributed by atoms with E-state index >= 15 is 0 Å². The molecule has 0 heterocycles. The Labute approximate surface area is 89.8 Å². The molecule has 14 heavy (non-hydrogen) atoms. The number of rotatable bonds is 5. The SMILES string of the molecule is COc1ccc(C)cc1SCCCN. The van der Waals surface area contributed by atoms with Gasteiger partial charge in [0.15, 0.2) is 0 Å². The van der Waals surface area contributed by atoms with Crippen LogP contribution < -0.4 is 10.5 Å². The van der Waals surface area contributed by atoms with E-state index in [4.69, 9.17) is 10.5 Å². The lowest BCUT2D eigenvalue weighted by Crippen LogP contribution is -1.99. The van der Waals surface area contributed by atoms with Gasteiger partial charge in [-0.2, -0.15) is 0 Å². The molecule has 0 bridgehead atoms. The smallest absolute Gasteiger partial charge is 0.132 e. The Bertz CT molecular complexity index is 289. The van der Waals surface area contributed by atoms with Gasteiger partial charge in [0.2, 0.25) is 0 Å². The van der Waals surface area contributed by atoms with Crippen LogP contribution in [0.5, 0.6) is 5.75 Å². The number of ether oxygens (including phenoxy) is 1. The van der Waals surface area contributed by atoms with Crippen molar-refractivity contribution in [1.29, 1.82) is 0 Å². The van der Waals surface area contributed by atoms with E-state index in [-0.39, 0.29) is 0 Å². The molecular weight excluding hydrogens is 194 g/mol. The molecule has 0 unspecified atom stereocenters. The second kappa shape index (κ2) is 5.94. The van der Waals surface area contributed by atoms with E-state index in [1.807, 2.05) is 6.07 Å². The van der Waals surface area contributed by atoms with Gasteiger partial charge in [0.05, 0.1) is 7.11 Å². The molecule has 0 aliphatic rings. The first-order valence-electron chi connectivity index (χ1n) is 4.75. The number of hydrogen-bond donors (Lipinski definition) is 1. The van der Waals surface area contributed by atoms with Crippen molar-refractivity contribution in [3.63, 3.8) is 0 Å². The highest BCUT2D eigenvalue weighted by molar-refractivity contribution is 7.99. The molecule has 0 atom stereocenters. The van der Waals surface area contributed by atoms with E-state index in [0.29, 0.717) is 0 Å². The summed E-state index contributed by atoms with van der Waals surface area (Å²) in [4.78, 5) is 1.21. The Morgan fingerprint density at radius 2 is 2.21 bits per heavy atom. The normalized spacial score (nSPS) is 10.2. The molecule has 78 valence electrons. The van der Waals surface area contributed by atoms with Crippen molar-refractivity contribution in [2.24, 2.45) is 5.73 Å². The first-order chi connectivity index (χ1) is 6.77. The maximum atomic E-state index is 5.45. The Kier molecular flexibility index (Phi) is 4.84. The van der Waals surface area contributed by atoms with Gasteiger partial charge in [-0.15, -0.1) is 11.8 Å². The average Bonchev–Trinajstić information content (AvgIpc) is 2.19. The number of benzene rings is 1. The fraction of sp³-hybridized carbons (Fsp3) is 0.455. The molecule has 0 amide bonds. The summed E-state index contributed by atoms with van der Waals surface area (Å²) in [6.45, 7) is 2.84. The minimum Gasteiger partial charge on any atom is -0.496 e. The van der Waals surface area contributed by atoms with Crippen molar-refractivity contribution in [2.75, 3.05) is 19.4 Å². The van der Waals surface area contributed by atoms with Crippen LogP contribution in [0, 0.1) is 6.92 Å². The first kappa shape index (κ1) is 11.4. The molecule has 0 aliphatic heterocycles. The molecule has 0 saturated heterocycles. The summed E-state index contributed by atoms with van der Waals surface area (Å²) < 4.78 is 5.28. The zero-order chi connectivity index (χ0) is 10.4. The third-order valence-electron chi connectivity index (χ3n) is 1.93. The van der Waals surface area contributed by atoms with E-state index in [9.17, 15) is 0 Å². The lowest BCUT2D eigenvalue weighted by atomic mass is 10.2. The van der Waals surface area contributed by atoms with Crippen molar-refractivity contribution in [1.82, 2.24) is 0 Å². The molecule has 3 heteroatoms. The van der Waals surface area contributed by atoms with Crippen LogP contribution in [-0.2, 0) is 0 Å². The van der Waals surface area contributed by atoms with Gasteiger partial charge in [-0.25, -0.2) is 0 Å². The van der Waals surface area contributed by atoms with Crippen LogP contribution in [0.3, 0.4) is 0 Å². The summed E-state index contributed by atoms with van der Waals surface area (Å²) in [7, 11) is 1.71. The molecule has 0 aliphatic carbocycles. The quantitative estimate of drug-likeness (QED) is 0.600. The molecule has 1 aromatic carbocycles. The number of aryl methyl sites for hydroxylation is 1. The molecule has 1 aromatic rings. The topological polar surface area (TPSA) is 35.2 Å². The average molecular weight is 211 g/mol. The predicted molar refractivity (Wildman–Crippen MR) is 62.1 cm³/mol. The van der Waals surface area contributed by atoms with Crippen molar-refractivity contribution in [3.05, 3.63) is 23.8 Å². The van der Waals surface area contributed by atoms with Gasteiger partial charge in [-0.3, -0.25) is 0 Å². The first-order valence-corrected chi connectivity index (χ1v) is 5.74. The highest BCUT2D eigenvalue weighted by Crippen LogP contribution is 2.30. The van der Waals surface area contributed by atoms with Gasteiger partial charge in [0.1, 0.15) is 5.75 Å². The van der Waals surface area contributed by atoms with Crippen molar-refractivity contribution in [2.45, 2.75) is 18.2 Å². The van der Waals surface area contributed by atoms with E-state index in [1.165, 1.54) is 10.5 Å². The molecule has 0 saturated carbocycles. The highest BCUT2D eigenvalue weighted by atomic mass is 32.2. The van der Waals surface area contributed by atoms with Gasteiger partial charge in [-0.1, -0.05) is 6.07 Å². The van der Waals surface area contributed by atoms with Gasteiger partial charge in [0, 0.05) is 4.90 Å². The molecule has 0 fully saturated rings. The van der Waals surface area contributed by atoms with E-state index in [1.54, 1.807) is 18.9 Å². The van der Waals surface area contributed by atoms with Crippen LogP contribution in [-0.4, -0.2) is 19.4 Å². The maximum Gasteiger partial charge on any atom is 0.132 e. The monoisotopic (exact) mass is 211 g/mol. The van der Waals surface area contributed by atoms with Crippen LogP contribution in [0.1, 0.15) is 12.0 Å². The number of methoxy groups -OCH3 is 1. The molecule has 0 spiro atoms. The molecule has 2 nitrogen and oxygen atoms in total. The number of thioether (sulfide) groups is 1.